The second kappa shape index (κ2) is 11.5. The minimum atomic E-state index is -3.82. The van der Waals surface area contributed by atoms with Crippen LogP contribution in [0.3, 0.4) is 0 Å². The minimum absolute atomic E-state index is 0.134. The number of aryl methyl sites for hydroxylation is 1. The zero-order valence-corrected chi connectivity index (χ0v) is 21.0. The first-order chi connectivity index (χ1) is 16.3. The number of nitrogens with one attached hydrogen (secondary N) is 2. The van der Waals surface area contributed by atoms with E-state index in [0.29, 0.717) is 30.5 Å². The summed E-state index contributed by atoms with van der Waals surface area (Å²) in [4.78, 5) is 16.9. The summed E-state index contributed by atoms with van der Waals surface area (Å²) in [7, 11) is -3.82. The second-order valence-electron chi connectivity index (χ2n) is 7.59. The Morgan fingerprint density at radius 1 is 1.12 bits per heavy atom. The molecule has 1 heterocycles. The highest BCUT2D eigenvalue weighted by Crippen LogP contribution is 2.25. The molecule has 0 bridgehead atoms. The first-order valence-electron chi connectivity index (χ1n) is 11.0. The van der Waals surface area contributed by atoms with Crippen molar-refractivity contribution >= 4 is 44.1 Å². The molecule has 3 aromatic rings. The number of sulfonamides is 1. The normalized spacial score (nSPS) is 11.6. The Balaban J connectivity index is 1.57. The van der Waals surface area contributed by atoms with Crippen molar-refractivity contribution in [1.29, 1.82) is 0 Å². The van der Waals surface area contributed by atoms with Gasteiger partial charge in [0.2, 0.25) is 15.9 Å². The fourth-order valence-corrected chi connectivity index (χ4v) is 5.16. The smallest absolute Gasteiger partial charge is 0.243 e. The van der Waals surface area contributed by atoms with Crippen molar-refractivity contribution in [2.24, 2.45) is 0 Å². The van der Waals surface area contributed by atoms with Gasteiger partial charge in [-0.1, -0.05) is 18.5 Å². The Labute approximate surface area is 205 Å². The van der Waals surface area contributed by atoms with E-state index in [0.717, 1.165) is 26.5 Å². The number of fused-ring (bicyclic) bond motifs is 1. The zero-order chi connectivity index (χ0) is 24.7. The van der Waals surface area contributed by atoms with Crippen LogP contribution in [0.25, 0.3) is 10.9 Å². The lowest BCUT2D eigenvalue weighted by Gasteiger charge is -2.21. The molecule has 0 aliphatic carbocycles. The van der Waals surface area contributed by atoms with Crippen LogP contribution < -0.4 is 15.4 Å². The van der Waals surface area contributed by atoms with E-state index in [1.54, 1.807) is 44.3 Å². The lowest BCUT2D eigenvalue weighted by molar-refractivity contribution is -0.121. The van der Waals surface area contributed by atoms with Crippen LogP contribution in [-0.2, 0) is 14.8 Å². The van der Waals surface area contributed by atoms with Gasteiger partial charge in [-0.15, -0.1) is 0 Å². The number of benzene rings is 2. The molecule has 1 amide bonds. The fraction of sp³-hybridized carbons (Fsp3) is 0.333. The minimum Gasteiger partial charge on any atom is -0.494 e. The van der Waals surface area contributed by atoms with Crippen LogP contribution in [0, 0.1) is 6.92 Å². The Morgan fingerprint density at radius 3 is 2.62 bits per heavy atom. The summed E-state index contributed by atoms with van der Waals surface area (Å²) in [6.45, 7) is 6.56. The molecule has 2 aromatic carbocycles. The Hall–Kier alpha value is -2.88. The molecule has 8 nitrogen and oxygen atoms in total. The quantitative estimate of drug-likeness (QED) is 0.385. The van der Waals surface area contributed by atoms with Gasteiger partial charge >= 0.3 is 0 Å². The second-order valence-corrected chi connectivity index (χ2v) is 9.96. The van der Waals surface area contributed by atoms with Crippen molar-refractivity contribution in [2.45, 2.75) is 25.7 Å². The predicted molar refractivity (Wildman–Crippen MR) is 135 cm³/mol. The van der Waals surface area contributed by atoms with Gasteiger partial charge in [0.25, 0.3) is 0 Å². The topological polar surface area (TPSA) is 101 Å². The molecule has 0 unspecified atom stereocenters. The third-order valence-corrected chi connectivity index (χ3v) is 7.38. The highest BCUT2D eigenvalue weighted by Gasteiger charge is 2.25. The lowest BCUT2D eigenvalue weighted by atomic mass is 10.2. The lowest BCUT2D eigenvalue weighted by Crippen LogP contribution is -2.41. The molecule has 0 radical (unpaired) electrons. The summed E-state index contributed by atoms with van der Waals surface area (Å²) in [6, 6.07) is 12.0. The number of carbonyl (C=O) groups excluding carboxylic acids is 1. The third-order valence-electron chi connectivity index (χ3n) is 5.22. The van der Waals surface area contributed by atoms with E-state index in [1.807, 2.05) is 19.1 Å². The van der Waals surface area contributed by atoms with Crippen molar-refractivity contribution < 1.29 is 17.9 Å². The molecule has 0 aliphatic heterocycles. The number of aromatic nitrogens is 1. The Kier molecular flexibility index (Phi) is 8.71. The number of nitrogens with zero attached hydrogens (tertiary/aromatic N) is 2. The van der Waals surface area contributed by atoms with Crippen LogP contribution in [0.4, 0.5) is 5.69 Å². The number of pyridine rings is 1. The summed E-state index contributed by atoms with van der Waals surface area (Å²) in [5.74, 6) is 0.265. The number of carbonyl (C=O) groups is 1. The van der Waals surface area contributed by atoms with Crippen molar-refractivity contribution in [2.75, 3.05) is 38.1 Å². The number of hydrogen-bond donors (Lipinski definition) is 2. The van der Waals surface area contributed by atoms with Crippen LogP contribution in [-0.4, -0.2) is 56.4 Å². The Bertz CT molecular complexity index is 1270. The largest absolute Gasteiger partial charge is 0.494 e. The summed E-state index contributed by atoms with van der Waals surface area (Å²) < 4.78 is 32.8. The number of hydrogen-bond acceptors (Lipinski definition) is 6. The van der Waals surface area contributed by atoms with Gasteiger partial charge in [-0.05, 0) is 61.9 Å². The van der Waals surface area contributed by atoms with Crippen molar-refractivity contribution in [3.8, 4) is 5.75 Å². The molecule has 1 aromatic heterocycles. The van der Waals surface area contributed by atoms with E-state index < -0.39 is 10.0 Å². The van der Waals surface area contributed by atoms with Crippen LogP contribution in [0.15, 0.2) is 53.6 Å². The van der Waals surface area contributed by atoms with Crippen LogP contribution in [0.2, 0.25) is 5.02 Å². The molecule has 0 atom stereocenters. The summed E-state index contributed by atoms with van der Waals surface area (Å²) >= 11 is 6.02. The molecule has 182 valence electrons. The molecule has 34 heavy (non-hydrogen) atoms. The SMILES string of the molecule is CCOc1ccc(S(=O)(=O)N(CC)CC(=O)NCCNc2ccnc3cc(Cl)ccc23)cc1C. The fourth-order valence-electron chi connectivity index (χ4n) is 3.51. The van der Waals surface area contributed by atoms with Crippen molar-refractivity contribution in [3.63, 3.8) is 0 Å². The molecule has 0 saturated carbocycles. The van der Waals surface area contributed by atoms with Gasteiger partial charge in [0, 0.05) is 41.9 Å². The molecule has 10 heteroatoms. The van der Waals surface area contributed by atoms with Gasteiger partial charge in [0.1, 0.15) is 5.75 Å². The number of halogens is 1. The van der Waals surface area contributed by atoms with Crippen LogP contribution in [0.5, 0.6) is 5.75 Å². The molecule has 2 N–H and O–H groups in total. The molecule has 0 fully saturated rings. The van der Waals surface area contributed by atoms with E-state index in [1.165, 1.54) is 6.07 Å². The number of likely N-dealkylation sites (N-methyl/N-ethyl adjacent to an activating group) is 1. The van der Waals surface area contributed by atoms with Crippen LogP contribution >= 0.6 is 11.6 Å². The van der Waals surface area contributed by atoms with E-state index >= 15 is 0 Å². The number of ether oxygens (including phenoxy) is 1. The average Bonchev–Trinajstić information content (AvgIpc) is 2.81. The summed E-state index contributed by atoms with van der Waals surface area (Å²) in [5, 5.41) is 7.57. The van der Waals surface area contributed by atoms with Gasteiger partial charge in [0.15, 0.2) is 0 Å². The molecule has 3 rings (SSSR count). The van der Waals surface area contributed by atoms with Crippen molar-refractivity contribution in [3.05, 3.63) is 59.2 Å². The van der Waals surface area contributed by atoms with E-state index in [-0.39, 0.29) is 23.9 Å². The van der Waals surface area contributed by atoms with Gasteiger partial charge in [-0.25, -0.2) is 8.42 Å². The zero-order valence-electron chi connectivity index (χ0n) is 19.5. The van der Waals surface area contributed by atoms with Gasteiger partial charge in [0.05, 0.1) is 23.6 Å². The highest BCUT2D eigenvalue weighted by atomic mass is 35.5. The van der Waals surface area contributed by atoms with Gasteiger partial charge < -0.3 is 15.4 Å². The summed E-state index contributed by atoms with van der Waals surface area (Å²) in [5.41, 5.74) is 2.37. The maximum Gasteiger partial charge on any atom is 0.243 e. The Morgan fingerprint density at radius 2 is 1.91 bits per heavy atom. The number of rotatable bonds is 11. The number of amides is 1. The van der Waals surface area contributed by atoms with E-state index in [4.69, 9.17) is 16.3 Å². The highest BCUT2D eigenvalue weighted by molar-refractivity contribution is 7.89. The molecule has 0 spiro atoms. The standard InChI is InChI=1S/C24H29ClN4O4S/c1-4-29(34(31,32)19-7-9-23(33-5-2)17(3)14-19)16-24(30)28-13-12-27-21-10-11-26-22-15-18(25)6-8-20(21)22/h6-11,14-15H,4-5,12-13,16H2,1-3H3,(H,26,27)(H,28,30). The number of anilines is 1. The predicted octanol–water partition coefficient (Wildman–Crippen LogP) is 3.83. The summed E-state index contributed by atoms with van der Waals surface area (Å²) in [6.07, 6.45) is 1.69. The molecule has 0 aliphatic rings. The van der Waals surface area contributed by atoms with Crippen molar-refractivity contribution in [1.82, 2.24) is 14.6 Å². The molecular formula is C24H29ClN4O4S. The molecular weight excluding hydrogens is 476 g/mol. The molecule has 0 saturated heterocycles. The van der Waals surface area contributed by atoms with Gasteiger partial charge in [-0.3, -0.25) is 9.78 Å². The van der Waals surface area contributed by atoms with Crippen LogP contribution in [0.1, 0.15) is 19.4 Å². The third kappa shape index (κ3) is 6.16. The first kappa shape index (κ1) is 25.7. The average molecular weight is 505 g/mol. The van der Waals surface area contributed by atoms with E-state index in [9.17, 15) is 13.2 Å². The first-order valence-corrected chi connectivity index (χ1v) is 12.9. The maximum atomic E-state index is 13.1. The maximum absolute atomic E-state index is 13.1. The monoisotopic (exact) mass is 504 g/mol. The van der Waals surface area contributed by atoms with E-state index in [2.05, 4.69) is 15.6 Å². The van der Waals surface area contributed by atoms with Gasteiger partial charge in [-0.2, -0.15) is 4.31 Å².